The van der Waals surface area contributed by atoms with Gasteiger partial charge < -0.3 is 21.1 Å². The molecular weight excluding hydrogens is 342 g/mol. The average Bonchev–Trinajstić information content (AvgIpc) is 2.57. The normalized spacial score (nSPS) is 11.1. The lowest BCUT2D eigenvalue weighted by Gasteiger charge is -2.08. The minimum atomic E-state index is -0.180. The van der Waals surface area contributed by atoms with Gasteiger partial charge in [0.15, 0.2) is 5.96 Å². The highest BCUT2D eigenvalue weighted by Gasteiger charge is 2.04. The summed E-state index contributed by atoms with van der Waals surface area (Å²) >= 11 is 6.04. The fourth-order valence-corrected chi connectivity index (χ4v) is 2.21. The lowest BCUT2D eigenvalue weighted by atomic mass is 10.3. The second kappa shape index (κ2) is 8.89. The first kappa shape index (κ1) is 18.5. The molecular formula is C17H20ClN5O2. The number of nitrogens with one attached hydrogen (secondary N) is 2. The van der Waals surface area contributed by atoms with Gasteiger partial charge in [-0.2, -0.15) is 0 Å². The van der Waals surface area contributed by atoms with E-state index in [0.717, 1.165) is 5.56 Å². The summed E-state index contributed by atoms with van der Waals surface area (Å²) in [5.41, 5.74) is 7.51. The Morgan fingerprint density at radius 1 is 1.32 bits per heavy atom. The van der Waals surface area contributed by atoms with Gasteiger partial charge in [0.05, 0.1) is 18.7 Å². The van der Waals surface area contributed by atoms with Crippen LogP contribution in [0.25, 0.3) is 0 Å². The number of benzene rings is 1. The molecule has 0 spiro atoms. The first-order valence-electron chi connectivity index (χ1n) is 7.61. The average molecular weight is 362 g/mol. The Kier molecular flexibility index (Phi) is 6.59. The van der Waals surface area contributed by atoms with Gasteiger partial charge in [-0.3, -0.25) is 9.79 Å². The fourth-order valence-electron chi connectivity index (χ4n) is 1.96. The van der Waals surface area contributed by atoms with Crippen molar-refractivity contribution in [2.75, 3.05) is 24.3 Å². The maximum atomic E-state index is 11.8. The van der Waals surface area contributed by atoms with Crippen molar-refractivity contribution in [3.05, 3.63) is 47.1 Å². The Hall–Kier alpha value is -2.80. The molecule has 1 aromatic carbocycles. The number of pyridine rings is 1. The molecule has 0 saturated heterocycles. The Labute approximate surface area is 151 Å². The van der Waals surface area contributed by atoms with Crippen LogP contribution >= 0.6 is 11.6 Å². The summed E-state index contributed by atoms with van der Waals surface area (Å²) in [5.74, 6) is 1.10. The summed E-state index contributed by atoms with van der Waals surface area (Å²) in [6.07, 6.45) is 1.89. The molecule has 1 aromatic heterocycles. The molecule has 4 N–H and O–H groups in total. The molecule has 0 aliphatic carbocycles. The number of hydrogen-bond donors (Lipinski definition) is 3. The molecule has 7 nitrogen and oxygen atoms in total. The Balaban J connectivity index is 1.81. The van der Waals surface area contributed by atoms with Crippen molar-refractivity contribution in [1.82, 2.24) is 4.98 Å². The fraction of sp³-hybridized carbons (Fsp3) is 0.235. The predicted octanol–water partition coefficient (Wildman–Crippen LogP) is 2.81. The predicted molar refractivity (Wildman–Crippen MR) is 100 cm³/mol. The Morgan fingerprint density at radius 3 is 2.76 bits per heavy atom. The third kappa shape index (κ3) is 5.96. The number of ether oxygens (including phenoxy) is 1. The summed E-state index contributed by atoms with van der Waals surface area (Å²) in [5, 5.41) is 6.07. The highest BCUT2D eigenvalue weighted by Crippen LogP contribution is 2.26. The van der Waals surface area contributed by atoms with Crippen molar-refractivity contribution in [3.8, 4) is 5.75 Å². The number of amides is 1. The van der Waals surface area contributed by atoms with Gasteiger partial charge in [0.2, 0.25) is 5.91 Å². The van der Waals surface area contributed by atoms with E-state index < -0.39 is 0 Å². The summed E-state index contributed by atoms with van der Waals surface area (Å²) in [7, 11) is 1.54. The van der Waals surface area contributed by atoms with Crippen molar-refractivity contribution < 1.29 is 9.53 Å². The summed E-state index contributed by atoms with van der Waals surface area (Å²) in [6.45, 7) is 2.18. The van der Waals surface area contributed by atoms with Gasteiger partial charge in [-0.1, -0.05) is 17.7 Å². The minimum absolute atomic E-state index is 0.180. The lowest BCUT2D eigenvalue weighted by Crippen LogP contribution is -2.23. The van der Waals surface area contributed by atoms with Crippen molar-refractivity contribution in [1.29, 1.82) is 0 Å². The molecule has 0 saturated carbocycles. The van der Waals surface area contributed by atoms with E-state index in [4.69, 9.17) is 22.1 Å². The topological polar surface area (TPSA) is 102 Å². The number of aromatic nitrogens is 1. The highest BCUT2D eigenvalue weighted by molar-refractivity contribution is 6.32. The molecule has 0 aliphatic heterocycles. The Bertz CT molecular complexity index is 762. The van der Waals surface area contributed by atoms with Gasteiger partial charge in [-0.25, -0.2) is 4.98 Å². The van der Waals surface area contributed by atoms with Crippen LogP contribution in [0.15, 0.2) is 41.5 Å². The summed E-state index contributed by atoms with van der Waals surface area (Å²) in [4.78, 5) is 20.1. The van der Waals surface area contributed by atoms with E-state index in [0.29, 0.717) is 22.3 Å². The first-order chi connectivity index (χ1) is 12.0. The monoisotopic (exact) mass is 361 g/mol. The third-order valence-electron chi connectivity index (χ3n) is 3.22. The maximum Gasteiger partial charge on any atom is 0.227 e. The molecule has 132 valence electrons. The van der Waals surface area contributed by atoms with Crippen LogP contribution in [0, 0.1) is 6.92 Å². The number of hydrogen-bond acceptors (Lipinski definition) is 4. The van der Waals surface area contributed by atoms with Gasteiger partial charge in [-0.05, 0) is 36.8 Å². The first-order valence-corrected chi connectivity index (χ1v) is 7.98. The van der Waals surface area contributed by atoms with Crippen LogP contribution in [-0.4, -0.2) is 30.5 Å². The number of aliphatic imine (C=N–C) groups is 1. The lowest BCUT2D eigenvalue weighted by molar-refractivity contribution is -0.116. The van der Waals surface area contributed by atoms with Crippen LogP contribution < -0.4 is 21.1 Å². The van der Waals surface area contributed by atoms with Gasteiger partial charge in [-0.15, -0.1) is 0 Å². The van der Waals surface area contributed by atoms with Gasteiger partial charge in [0.25, 0.3) is 0 Å². The van der Waals surface area contributed by atoms with Gasteiger partial charge in [0.1, 0.15) is 11.6 Å². The van der Waals surface area contributed by atoms with E-state index in [-0.39, 0.29) is 24.8 Å². The molecule has 0 bridgehead atoms. The van der Waals surface area contributed by atoms with Gasteiger partial charge in [0, 0.05) is 18.3 Å². The van der Waals surface area contributed by atoms with E-state index in [1.165, 1.54) is 0 Å². The van der Waals surface area contributed by atoms with Crippen LogP contribution in [0.2, 0.25) is 5.02 Å². The standard InChI is InChI=1S/C17H20ClN5O2/c1-11-3-6-15(21-10-11)23-16(24)7-8-20-17(19)22-12-4-5-14(25-2)13(18)9-12/h3-6,9-10H,7-8H2,1-2H3,(H3,19,20,22)(H,21,23,24). The molecule has 1 heterocycles. The van der Waals surface area contributed by atoms with E-state index in [2.05, 4.69) is 20.6 Å². The number of carbonyl (C=O) groups excluding carboxylic acids is 1. The third-order valence-corrected chi connectivity index (χ3v) is 3.52. The van der Waals surface area contributed by atoms with Crippen molar-refractivity contribution in [2.45, 2.75) is 13.3 Å². The smallest absolute Gasteiger partial charge is 0.227 e. The zero-order valence-electron chi connectivity index (χ0n) is 14.0. The number of nitrogens with two attached hydrogens (primary N) is 1. The molecule has 8 heteroatoms. The quantitative estimate of drug-likeness (QED) is 0.542. The molecule has 0 aliphatic rings. The van der Waals surface area contributed by atoms with Crippen molar-refractivity contribution >= 4 is 35.0 Å². The number of anilines is 2. The molecule has 0 atom stereocenters. The largest absolute Gasteiger partial charge is 0.495 e. The number of nitrogens with zero attached hydrogens (tertiary/aromatic N) is 2. The zero-order chi connectivity index (χ0) is 18.2. The van der Waals surface area contributed by atoms with Gasteiger partial charge >= 0.3 is 0 Å². The van der Waals surface area contributed by atoms with Crippen LogP contribution in [0.1, 0.15) is 12.0 Å². The minimum Gasteiger partial charge on any atom is -0.495 e. The zero-order valence-corrected chi connectivity index (χ0v) is 14.8. The summed E-state index contributed by atoms with van der Waals surface area (Å²) in [6, 6.07) is 8.80. The summed E-state index contributed by atoms with van der Waals surface area (Å²) < 4.78 is 5.08. The number of aryl methyl sites for hydroxylation is 1. The molecule has 1 amide bonds. The highest BCUT2D eigenvalue weighted by atomic mass is 35.5. The SMILES string of the molecule is COc1ccc(NC(N)=NCCC(=O)Nc2ccc(C)cn2)cc1Cl. The van der Waals surface area contributed by atoms with Crippen molar-refractivity contribution in [2.24, 2.45) is 10.7 Å². The molecule has 2 rings (SSSR count). The van der Waals surface area contributed by atoms with Crippen molar-refractivity contribution in [3.63, 3.8) is 0 Å². The number of halogens is 1. The van der Waals surface area contributed by atoms with Crippen LogP contribution in [-0.2, 0) is 4.79 Å². The van der Waals surface area contributed by atoms with Crippen LogP contribution in [0.5, 0.6) is 5.75 Å². The van der Waals surface area contributed by atoms with E-state index >= 15 is 0 Å². The molecule has 2 aromatic rings. The number of guanidine groups is 1. The molecule has 0 radical (unpaired) electrons. The van der Waals surface area contributed by atoms with E-state index in [1.54, 1.807) is 37.6 Å². The van der Waals surface area contributed by atoms with Crippen LogP contribution in [0.4, 0.5) is 11.5 Å². The van der Waals surface area contributed by atoms with E-state index in [9.17, 15) is 4.79 Å². The molecule has 0 unspecified atom stereocenters. The number of rotatable bonds is 6. The maximum absolute atomic E-state index is 11.8. The Morgan fingerprint density at radius 2 is 2.12 bits per heavy atom. The molecule has 0 fully saturated rings. The number of carbonyl (C=O) groups is 1. The second-order valence-corrected chi connectivity index (χ2v) is 5.67. The number of methoxy groups -OCH3 is 1. The molecule has 25 heavy (non-hydrogen) atoms. The van der Waals surface area contributed by atoms with E-state index in [1.807, 2.05) is 13.0 Å². The second-order valence-electron chi connectivity index (χ2n) is 5.26. The van der Waals surface area contributed by atoms with Crippen LogP contribution in [0.3, 0.4) is 0 Å².